The van der Waals surface area contributed by atoms with Gasteiger partial charge in [-0.1, -0.05) is 26.0 Å². The molecular weight excluding hydrogens is 489 g/mol. The van der Waals surface area contributed by atoms with E-state index in [0.29, 0.717) is 45.3 Å². The minimum atomic E-state index is -0.547. The molecule has 38 heavy (non-hydrogen) atoms. The van der Waals surface area contributed by atoms with Crippen LogP contribution in [0.1, 0.15) is 20.8 Å². The van der Waals surface area contributed by atoms with Crippen molar-refractivity contribution in [2.45, 2.75) is 20.8 Å². The molecule has 0 saturated carbocycles. The van der Waals surface area contributed by atoms with Crippen molar-refractivity contribution in [3.05, 3.63) is 72.5 Å². The van der Waals surface area contributed by atoms with Crippen molar-refractivity contribution in [1.82, 2.24) is 9.78 Å². The largest absolute Gasteiger partial charge is 0.493 e. The summed E-state index contributed by atoms with van der Waals surface area (Å²) >= 11 is 0. The normalized spacial score (nSPS) is 10.8. The Morgan fingerprint density at radius 1 is 0.895 bits per heavy atom. The highest BCUT2D eigenvalue weighted by atomic mass is 19.1. The van der Waals surface area contributed by atoms with Crippen LogP contribution >= 0.6 is 0 Å². The van der Waals surface area contributed by atoms with Gasteiger partial charge in [-0.05, 0) is 60.2 Å². The highest BCUT2D eigenvalue weighted by molar-refractivity contribution is 5.93. The predicted molar refractivity (Wildman–Crippen MR) is 142 cm³/mol. The first-order valence-electron chi connectivity index (χ1n) is 11.9. The number of benzene rings is 3. The number of ether oxygens (including phenoxy) is 3. The van der Waals surface area contributed by atoms with Gasteiger partial charge in [0.2, 0.25) is 11.8 Å². The fourth-order valence-corrected chi connectivity index (χ4v) is 3.84. The molecule has 0 aliphatic carbocycles. The SMILES string of the molecule is COc1ccc(-c2nn(-c3ccc(F)cc3)c(OC(C)=O)c2-c2ccc(NC(=O)C(C)C)cc2)cc1OC. The summed E-state index contributed by atoms with van der Waals surface area (Å²) in [5, 5.41) is 7.65. The predicted octanol–water partition coefficient (Wildman–Crippen LogP) is 5.88. The summed E-state index contributed by atoms with van der Waals surface area (Å²) in [4.78, 5) is 24.3. The Labute approximate surface area is 220 Å². The second kappa shape index (κ2) is 11.2. The summed E-state index contributed by atoms with van der Waals surface area (Å²) in [5.41, 5.74) is 3.49. The van der Waals surface area contributed by atoms with Crippen molar-refractivity contribution in [1.29, 1.82) is 0 Å². The standard InChI is InChI=1S/C29H28FN3O5/c1-17(2)28(35)31-22-11-6-19(7-12-22)26-27(20-8-15-24(36-4)25(16-20)37-5)32-33(29(26)38-18(3)34)23-13-9-21(30)10-14-23/h6-17H,1-5H3,(H,31,35). The fourth-order valence-electron chi connectivity index (χ4n) is 3.84. The van der Waals surface area contributed by atoms with Crippen LogP contribution < -0.4 is 19.5 Å². The molecule has 0 spiro atoms. The van der Waals surface area contributed by atoms with Crippen LogP contribution in [0.5, 0.6) is 17.4 Å². The lowest BCUT2D eigenvalue weighted by Gasteiger charge is -2.12. The third kappa shape index (κ3) is 5.51. The van der Waals surface area contributed by atoms with Crippen LogP contribution in [-0.2, 0) is 9.59 Å². The van der Waals surface area contributed by atoms with Crippen molar-refractivity contribution >= 4 is 17.6 Å². The molecule has 9 heteroatoms. The molecule has 0 unspecified atom stereocenters. The lowest BCUT2D eigenvalue weighted by molar-refractivity contribution is -0.132. The maximum Gasteiger partial charge on any atom is 0.309 e. The zero-order valence-corrected chi connectivity index (χ0v) is 21.7. The number of aromatic nitrogens is 2. The molecule has 1 amide bonds. The van der Waals surface area contributed by atoms with Crippen molar-refractivity contribution in [3.8, 4) is 45.5 Å². The molecule has 3 aromatic carbocycles. The second-order valence-electron chi connectivity index (χ2n) is 8.80. The number of esters is 1. The van der Waals surface area contributed by atoms with Gasteiger partial charge in [-0.2, -0.15) is 9.78 Å². The molecule has 0 aliphatic heterocycles. The molecule has 0 bridgehead atoms. The number of rotatable bonds is 8. The van der Waals surface area contributed by atoms with E-state index in [-0.39, 0.29) is 17.7 Å². The maximum absolute atomic E-state index is 13.7. The Bertz CT molecular complexity index is 1460. The Kier molecular flexibility index (Phi) is 7.76. The minimum absolute atomic E-state index is 0.103. The van der Waals surface area contributed by atoms with Gasteiger partial charge in [-0.3, -0.25) is 9.59 Å². The Hall–Kier alpha value is -4.66. The smallest absolute Gasteiger partial charge is 0.309 e. The van der Waals surface area contributed by atoms with E-state index in [0.717, 1.165) is 0 Å². The number of anilines is 1. The molecule has 0 aliphatic rings. The molecule has 8 nitrogen and oxygen atoms in total. The first-order chi connectivity index (χ1) is 18.2. The van der Waals surface area contributed by atoms with E-state index in [9.17, 15) is 14.0 Å². The van der Waals surface area contributed by atoms with Crippen LogP contribution in [0.2, 0.25) is 0 Å². The lowest BCUT2D eigenvalue weighted by atomic mass is 10.0. The van der Waals surface area contributed by atoms with E-state index in [4.69, 9.17) is 19.3 Å². The number of carbonyl (C=O) groups excluding carboxylic acids is 2. The Morgan fingerprint density at radius 3 is 2.11 bits per heavy atom. The number of amides is 1. The van der Waals surface area contributed by atoms with Crippen LogP contribution in [0.4, 0.5) is 10.1 Å². The molecule has 1 N–H and O–H groups in total. The van der Waals surface area contributed by atoms with Crippen molar-refractivity contribution in [2.24, 2.45) is 5.92 Å². The molecule has 4 aromatic rings. The number of carbonyl (C=O) groups is 2. The van der Waals surface area contributed by atoms with Crippen LogP contribution in [0.15, 0.2) is 66.7 Å². The number of hydrogen-bond acceptors (Lipinski definition) is 6. The zero-order valence-electron chi connectivity index (χ0n) is 21.7. The van der Waals surface area contributed by atoms with Crippen LogP contribution in [0, 0.1) is 11.7 Å². The Morgan fingerprint density at radius 2 is 1.53 bits per heavy atom. The van der Waals surface area contributed by atoms with Crippen molar-refractivity contribution < 1.29 is 28.2 Å². The Balaban J connectivity index is 1.94. The van der Waals surface area contributed by atoms with Gasteiger partial charge < -0.3 is 19.5 Å². The van der Waals surface area contributed by atoms with Crippen LogP contribution in [0.25, 0.3) is 28.1 Å². The van der Waals surface area contributed by atoms with Crippen molar-refractivity contribution in [3.63, 3.8) is 0 Å². The molecule has 0 saturated heterocycles. The van der Waals surface area contributed by atoms with Gasteiger partial charge >= 0.3 is 5.97 Å². The van der Waals surface area contributed by atoms with Crippen molar-refractivity contribution in [2.75, 3.05) is 19.5 Å². The number of hydrogen-bond donors (Lipinski definition) is 1. The summed E-state index contributed by atoms with van der Waals surface area (Å²) in [6, 6.07) is 18.2. The quantitative estimate of drug-likeness (QED) is 0.294. The number of nitrogens with one attached hydrogen (secondary N) is 1. The topological polar surface area (TPSA) is 91.7 Å². The van der Waals surface area contributed by atoms with Gasteiger partial charge in [0.05, 0.1) is 25.5 Å². The lowest BCUT2D eigenvalue weighted by Crippen LogP contribution is -2.17. The van der Waals surface area contributed by atoms with E-state index in [2.05, 4.69) is 5.32 Å². The van der Waals surface area contributed by atoms with Crippen LogP contribution in [-0.4, -0.2) is 35.9 Å². The number of nitrogens with zero attached hydrogens (tertiary/aromatic N) is 2. The summed E-state index contributed by atoms with van der Waals surface area (Å²) in [7, 11) is 3.08. The molecule has 0 atom stereocenters. The summed E-state index contributed by atoms with van der Waals surface area (Å²) in [5.74, 6) is -0.0324. The summed E-state index contributed by atoms with van der Waals surface area (Å²) < 4.78 is 31.7. The van der Waals surface area contributed by atoms with E-state index in [1.54, 1.807) is 55.6 Å². The summed E-state index contributed by atoms with van der Waals surface area (Å²) in [6.07, 6.45) is 0. The first-order valence-corrected chi connectivity index (χ1v) is 11.9. The van der Waals surface area contributed by atoms with Crippen LogP contribution in [0.3, 0.4) is 0 Å². The number of halogens is 1. The molecule has 196 valence electrons. The molecule has 4 rings (SSSR count). The maximum atomic E-state index is 13.7. The average Bonchev–Trinajstić information content (AvgIpc) is 3.27. The molecule has 1 aromatic heterocycles. The molecular formula is C29H28FN3O5. The van der Waals surface area contributed by atoms with E-state index in [1.165, 1.54) is 30.8 Å². The van der Waals surface area contributed by atoms with Gasteiger partial charge in [-0.15, -0.1) is 0 Å². The monoisotopic (exact) mass is 517 g/mol. The van der Waals surface area contributed by atoms with Gasteiger partial charge in [0.15, 0.2) is 11.5 Å². The third-order valence-corrected chi connectivity index (χ3v) is 5.78. The number of methoxy groups -OCH3 is 2. The van der Waals surface area contributed by atoms with E-state index < -0.39 is 11.8 Å². The molecule has 1 heterocycles. The summed E-state index contributed by atoms with van der Waals surface area (Å²) in [6.45, 7) is 4.93. The van der Waals surface area contributed by atoms with Gasteiger partial charge in [0.25, 0.3) is 0 Å². The van der Waals surface area contributed by atoms with Gasteiger partial charge in [-0.25, -0.2) is 4.39 Å². The molecule has 0 fully saturated rings. The highest BCUT2D eigenvalue weighted by Gasteiger charge is 2.25. The van der Waals surface area contributed by atoms with Gasteiger partial charge in [0, 0.05) is 24.1 Å². The first kappa shape index (κ1) is 26.4. The minimum Gasteiger partial charge on any atom is -0.493 e. The average molecular weight is 518 g/mol. The fraction of sp³-hybridized carbons (Fsp3) is 0.207. The zero-order chi connectivity index (χ0) is 27.4. The second-order valence-corrected chi connectivity index (χ2v) is 8.80. The van der Waals surface area contributed by atoms with E-state index >= 15 is 0 Å². The van der Waals surface area contributed by atoms with Gasteiger partial charge in [0.1, 0.15) is 11.5 Å². The highest BCUT2D eigenvalue weighted by Crippen LogP contribution is 2.43. The molecule has 0 radical (unpaired) electrons. The van der Waals surface area contributed by atoms with E-state index in [1.807, 2.05) is 19.9 Å². The third-order valence-electron chi connectivity index (χ3n) is 5.78.